The molecule has 8 aromatic rings. The number of nitrogens with zero attached hydrogens (tertiary/aromatic N) is 1. The number of hydrogen-bond acceptors (Lipinski definition) is 2. The standard InChI is InChI=1S/C60H53NO/c1-57(2,3)39-29-33-54-50(35-39)60(51-36-40(58(4,5)6)30-34-55(51)62-54)47-25-16-13-23-45(47)56-48(60)26-18-28-53(56)61(52-27-17-14-21-42(52)38-19-10-9-11-20-38)41-31-32-44-43-22-12-15-24-46(43)59(7,8)49(44)37-41/h9-37H,1-8H3. The number of para-hydroxylation sites is 1. The van der Waals surface area contributed by atoms with Crippen LogP contribution in [-0.4, -0.2) is 0 Å². The van der Waals surface area contributed by atoms with Crippen molar-refractivity contribution in [2.75, 3.05) is 4.90 Å². The van der Waals surface area contributed by atoms with Crippen molar-refractivity contribution < 1.29 is 4.74 Å². The Kier molecular flexibility index (Phi) is 8.29. The van der Waals surface area contributed by atoms with E-state index in [1.807, 2.05) is 0 Å². The summed E-state index contributed by atoms with van der Waals surface area (Å²) in [6.45, 7) is 18.6. The largest absolute Gasteiger partial charge is 0.457 e. The van der Waals surface area contributed by atoms with Gasteiger partial charge in [-0.1, -0.05) is 183 Å². The molecule has 1 spiro atoms. The van der Waals surface area contributed by atoms with Crippen LogP contribution >= 0.6 is 0 Å². The zero-order valence-electron chi connectivity index (χ0n) is 37.1. The first kappa shape index (κ1) is 38.3. The van der Waals surface area contributed by atoms with Gasteiger partial charge in [-0.2, -0.15) is 0 Å². The summed E-state index contributed by atoms with van der Waals surface area (Å²) < 4.78 is 6.99. The highest BCUT2D eigenvalue weighted by atomic mass is 16.5. The van der Waals surface area contributed by atoms with Crippen LogP contribution in [0.4, 0.5) is 17.1 Å². The molecule has 1 heterocycles. The molecule has 8 aromatic carbocycles. The molecule has 0 fully saturated rings. The fourth-order valence-corrected chi connectivity index (χ4v) is 10.9. The SMILES string of the molecule is CC(C)(C)c1ccc2c(c1)C1(c3cc(C(C)(C)C)ccc3O2)c2ccccc2-c2c(N(c3ccc4c(c3)C(C)(C)c3ccccc3-4)c3ccccc3-c3ccccc3)cccc21. The Hall–Kier alpha value is -6.64. The topological polar surface area (TPSA) is 12.5 Å². The van der Waals surface area contributed by atoms with E-state index in [1.165, 1.54) is 77.9 Å². The van der Waals surface area contributed by atoms with E-state index in [9.17, 15) is 0 Å². The summed E-state index contributed by atoms with van der Waals surface area (Å²) >= 11 is 0. The molecule has 304 valence electrons. The van der Waals surface area contributed by atoms with Crippen LogP contribution in [0.1, 0.15) is 99.9 Å². The zero-order chi connectivity index (χ0) is 42.8. The van der Waals surface area contributed by atoms with Crippen LogP contribution in [0.15, 0.2) is 176 Å². The Balaban J connectivity index is 1.25. The van der Waals surface area contributed by atoms with Crippen molar-refractivity contribution in [2.45, 2.75) is 77.0 Å². The molecular formula is C60H53NO. The number of rotatable bonds is 4. The van der Waals surface area contributed by atoms with Crippen LogP contribution in [0.2, 0.25) is 0 Å². The smallest absolute Gasteiger partial charge is 0.132 e. The first-order valence-corrected chi connectivity index (χ1v) is 22.2. The zero-order valence-corrected chi connectivity index (χ0v) is 37.1. The van der Waals surface area contributed by atoms with Crippen LogP contribution in [0.5, 0.6) is 11.5 Å². The number of anilines is 3. The van der Waals surface area contributed by atoms with Gasteiger partial charge in [0.15, 0.2) is 0 Å². The average molecular weight is 804 g/mol. The average Bonchev–Trinajstić information content (AvgIpc) is 3.69. The highest BCUT2D eigenvalue weighted by Crippen LogP contribution is 2.65. The third kappa shape index (κ3) is 5.48. The predicted molar refractivity (Wildman–Crippen MR) is 259 cm³/mol. The molecular weight excluding hydrogens is 751 g/mol. The maximum absolute atomic E-state index is 6.99. The molecule has 1 aliphatic heterocycles. The summed E-state index contributed by atoms with van der Waals surface area (Å²) in [5.41, 5.74) is 20.2. The molecule has 11 rings (SSSR count). The van der Waals surface area contributed by atoms with Crippen molar-refractivity contribution in [2.24, 2.45) is 0 Å². The number of benzene rings is 8. The third-order valence-electron chi connectivity index (χ3n) is 14.1. The minimum absolute atomic E-state index is 0.0640. The van der Waals surface area contributed by atoms with Crippen molar-refractivity contribution in [1.29, 1.82) is 0 Å². The Morgan fingerprint density at radius 1 is 0.403 bits per heavy atom. The molecule has 0 saturated carbocycles. The maximum atomic E-state index is 6.99. The van der Waals surface area contributed by atoms with Crippen molar-refractivity contribution in [3.05, 3.63) is 220 Å². The van der Waals surface area contributed by atoms with Gasteiger partial charge >= 0.3 is 0 Å². The van der Waals surface area contributed by atoms with E-state index in [-0.39, 0.29) is 16.2 Å². The minimum Gasteiger partial charge on any atom is -0.457 e. The van der Waals surface area contributed by atoms with Gasteiger partial charge in [0, 0.05) is 33.4 Å². The second-order valence-electron chi connectivity index (χ2n) is 20.1. The molecule has 2 heteroatoms. The van der Waals surface area contributed by atoms with E-state index >= 15 is 0 Å². The van der Waals surface area contributed by atoms with Crippen LogP contribution in [0, 0.1) is 0 Å². The molecule has 0 aromatic heterocycles. The molecule has 3 aliphatic rings. The second kappa shape index (κ2) is 13.4. The van der Waals surface area contributed by atoms with E-state index < -0.39 is 5.41 Å². The van der Waals surface area contributed by atoms with Crippen LogP contribution in [0.25, 0.3) is 33.4 Å². The molecule has 0 bridgehead atoms. The van der Waals surface area contributed by atoms with Crippen LogP contribution in [-0.2, 0) is 21.7 Å². The third-order valence-corrected chi connectivity index (χ3v) is 14.1. The quantitative estimate of drug-likeness (QED) is 0.176. The van der Waals surface area contributed by atoms with Gasteiger partial charge in [0.2, 0.25) is 0 Å². The fraction of sp³-hybridized carbons (Fsp3) is 0.200. The molecule has 0 atom stereocenters. The number of fused-ring (bicyclic) bond motifs is 12. The minimum atomic E-state index is -0.639. The second-order valence-corrected chi connectivity index (χ2v) is 20.1. The monoisotopic (exact) mass is 803 g/mol. The summed E-state index contributed by atoms with van der Waals surface area (Å²) in [6, 6.07) is 66.0. The predicted octanol–water partition coefficient (Wildman–Crippen LogP) is 16.2. The first-order chi connectivity index (χ1) is 29.8. The van der Waals surface area contributed by atoms with Crippen LogP contribution in [0.3, 0.4) is 0 Å². The Labute approximate surface area is 367 Å². The summed E-state index contributed by atoms with van der Waals surface area (Å²) in [5.74, 6) is 1.82. The van der Waals surface area contributed by atoms with Crippen LogP contribution < -0.4 is 9.64 Å². The van der Waals surface area contributed by atoms with Crippen molar-refractivity contribution in [3.63, 3.8) is 0 Å². The van der Waals surface area contributed by atoms with Crippen molar-refractivity contribution >= 4 is 17.1 Å². The Bertz CT molecular complexity index is 3040. The van der Waals surface area contributed by atoms with E-state index in [1.54, 1.807) is 0 Å². The van der Waals surface area contributed by atoms with Gasteiger partial charge in [-0.05, 0) is 115 Å². The normalized spacial score (nSPS) is 14.8. The van der Waals surface area contributed by atoms with E-state index in [0.29, 0.717) is 0 Å². The van der Waals surface area contributed by atoms with Gasteiger partial charge < -0.3 is 9.64 Å². The fourth-order valence-electron chi connectivity index (χ4n) is 10.9. The highest BCUT2D eigenvalue weighted by Gasteiger charge is 2.53. The summed E-state index contributed by atoms with van der Waals surface area (Å²) in [6.07, 6.45) is 0. The number of ether oxygens (including phenoxy) is 1. The van der Waals surface area contributed by atoms with Gasteiger partial charge in [0.05, 0.1) is 16.8 Å². The van der Waals surface area contributed by atoms with E-state index in [2.05, 4.69) is 236 Å². The van der Waals surface area contributed by atoms with Crippen molar-refractivity contribution in [1.82, 2.24) is 0 Å². The lowest BCUT2D eigenvalue weighted by Gasteiger charge is -2.41. The molecule has 0 radical (unpaired) electrons. The van der Waals surface area contributed by atoms with E-state index in [4.69, 9.17) is 4.74 Å². The highest BCUT2D eigenvalue weighted by molar-refractivity contribution is 6.00. The molecule has 0 saturated heterocycles. The van der Waals surface area contributed by atoms with Crippen molar-refractivity contribution in [3.8, 4) is 44.9 Å². The lowest BCUT2D eigenvalue weighted by molar-refractivity contribution is 0.433. The van der Waals surface area contributed by atoms with Gasteiger partial charge in [0.25, 0.3) is 0 Å². The van der Waals surface area contributed by atoms with Gasteiger partial charge in [-0.15, -0.1) is 0 Å². The van der Waals surface area contributed by atoms with E-state index in [0.717, 1.165) is 28.6 Å². The first-order valence-electron chi connectivity index (χ1n) is 22.2. The molecule has 0 N–H and O–H groups in total. The summed E-state index contributed by atoms with van der Waals surface area (Å²) in [4.78, 5) is 2.55. The summed E-state index contributed by atoms with van der Waals surface area (Å²) in [7, 11) is 0. The molecule has 0 amide bonds. The Morgan fingerprint density at radius 2 is 0.935 bits per heavy atom. The number of hydrogen-bond donors (Lipinski definition) is 0. The molecule has 62 heavy (non-hydrogen) atoms. The summed E-state index contributed by atoms with van der Waals surface area (Å²) in [5, 5.41) is 0. The maximum Gasteiger partial charge on any atom is 0.132 e. The molecule has 2 aliphatic carbocycles. The van der Waals surface area contributed by atoms with Gasteiger partial charge in [-0.3, -0.25) is 0 Å². The Morgan fingerprint density at radius 3 is 1.60 bits per heavy atom. The lowest BCUT2D eigenvalue weighted by Crippen LogP contribution is -2.33. The molecule has 0 unspecified atom stereocenters. The molecule has 2 nitrogen and oxygen atoms in total. The lowest BCUT2D eigenvalue weighted by atomic mass is 9.64. The van der Waals surface area contributed by atoms with Gasteiger partial charge in [-0.25, -0.2) is 0 Å². The van der Waals surface area contributed by atoms with Gasteiger partial charge in [0.1, 0.15) is 11.5 Å².